The topological polar surface area (TPSA) is 97.1 Å². The molecule has 0 saturated carbocycles. The van der Waals surface area contributed by atoms with Crippen LogP contribution < -0.4 is 0 Å². The van der Waals surface area contributed by atoms with Crippen LogP contribution in [0.15, 0.2) is 474 Å². The number of pyridine rings is 6. The van der Waals surface area contributed by atoms with Crippen LogP contribution in [0.5, 0.6) is 0 Å². The molecular weight excluding hydrogens is 1750 g/mol. The molecule has 0 aliphatic heterocycles. The standard InChI is InChI=1S/C37H22N2.C36H21N3.C31H18N2.C30H17N3/c1-2-9-23(10-3-1)25-12-6-14-27(21-25)39-32-19-18-24-11-7-17-30-28-15-4-5-16-29(28)31-22-26-13-8-20-38-36(26)37(39)34(31)35(32)33(24)30;1-2-9-22(10-3-1)29-16-7-17-31(38-29)39-30-19-18-23-11-6-15-27-25-13-4-5-14-26(25)28-21-24-12-8-20-37-35(24)36(39)33(28)34(30)32(23)27;1-2-10-21(11-3-1)33-26-16-15-19-8-6-14-24-22-12-4-5-13-23(22)25-18-20-9-7-17-32-30(20)31(33)28(25)29(26)27(19)24;1-2-10-21-20(9-1)22-11-5-7-18-13-14-24-28(26(18)22)27-23(21)17-19-8-6-16-32-29(19)30(27)33(24)25-12-3-4-15-31-25/h1-22H;1-21H;1-18H;1-17H. The first kappa shape index (κ1) is 79.6. The van der Waals surface area contributed by atoms with Gasteiger partial charge in [0.2, 0.25) is 0 Å². The summed E-state index contributed by atoms with van der Waals surface area (Å²) in [5, 5.41) is 25.1. The SMILES string of the molecule is c1ccc(-c2cccc(-n3c4ccc5cccc6c5c4c4c(cc5cccnc5c43)-c3ccccc3-6)c2)cc1.c1ccc(-c2cccc(-n3c4ccc5cccc6c5c4c4c(cc5cccnc5c43)-c3ccccc3-6)n2)cc1.c1ccc(-n2c3ccc4cccc5c4c3c3c(cc4cccnc4c32)-c2ccccc2-5)cc1.c1ccc(-n2c3ccc4cccc5c4c3c3c(cc4cccnc4c32)-c2ccccc2-5)nc1. The van der Waals surface area contributed by atoms with Crippen molar-refractivity contribution < 1.29 is 0 Å². The Morgan fingerprint density at radius 1 is 0.146 bits per heavy atom. The fourth-order valence-electron chi connectivity index (χ4n) is 24.8. The lowest BCUT2D eigenvalue weighted by Crippen LogP contribution is -2.00. The number of nitrogens with zero attached hydrogens (tertiary/aromatic N) is 10. The van der Waals surface area contributed by atoms with Gasteiger partial charge in [-0.2, -0.15) is 0 Å². The highest BCUT2D eigenvalue weighted by Crippen LogP contribution is 2.58. The molecule has 0 spiro atoms. The van der Waals surface area contributed by atoms with E-state index in [9.17, 15) is 0 Å². The van der Waals surface area contributed by atoms with Gasteiger partial charge in [0.25, 0.3) is 0 Å². The normalized spacial score (nSPS) is 12.2. The van der Waals surface area contributed by atoms with Crippen molar-refractivity contribution in [3.63, 3.8) is 0 Å². The van der Waals surface area contributed by atoms with Crippen LogP contribution in [-0.2, 0) is 0 Å². The van der Waals surface area contributed by atoms with E-state index in [0.29, 0.717) is 0 Å². The third-order valence-corrected chi connectivity index (χ3v) is 30.6. The maximum Gasteiger partial charge on any atom is 0.138 e. The van der Waals surface area contributed by atoms with Crippen LogP contribution in [0.2, 0.25) is 0 Å². The van der Waals surface area contributed by atoms with Crippen LogP contribution in [0.1, 0.15) is 0 Å². The van der Waals surface area contributed by atoms with E-state index >= 15 is 0 Å². The molecule has 0 radical (unpaired) electrons. The summed E-state index contributed by atoms with van der Waals surface area (Å²) in [6, 6.07) is 159. The van der Waals surface area contributed by atoms with Crippen molar-refractivity contribution in [2.24, 2.45) is 0 Å². The summed E-state index contributed by atoms with van der Waals surface area (Å²) in [5.41, 5.74) is 40.6. The Labute approximate surface area is 824 Å². The molecule has 0 bridgehead atoms. The summed E-state index contributed by atoms with van der Waals surface area (Å²) in [6.45, 7) is 0. The van der Waals surface area contributed by atoms with E-state index in [4.69, 9.17) is 29.9 Å². The molecule has 34 rings (SSSR count). The zero-order chi connectivity index (χ0) is 94.0. The molecule has 4 aliphatic carbocycles. The Balaban J connectivity index is 0.0000000879. The van der Waals surface area contributed by atoms with Gasteiger partial charge in [-0.05, 0) is 265 Å². The minimum Gasteiger partial charge on any atom is -0.307 e. The molecule has 664 valence electrons. The van der Waals surface area contributed by atoms with Gasteiger partial charge in [-0.3, -0.25) is 29.1 Å². The van der Waals surface area contributed by atoms with Crippen molar-refractivity contribution in [1.29, 1.82) is 0 Å². The Hall–Kier alpha value is -19.4. The molecule has 10 nitrogen and oxygen atoms in total. The number of hydrogen-bond donors (Lipinski definition) is 0. The number of para-hydroxylation sites is 1. The summed E-state index contributed by atoms with van der Waals surface area (Å²) < 4.78 is 9.49. The molecule has 10 heteroatoms. The molecule has 0 fully saturated rings. The first-order valence-corrected chi connectivity index (χ1v) is 49.2. The molecule has 0 unspecified atom stereocenters. The van der Waals surface area contributed by atoms with Crippen molar-refractivity contribution in [1.82, 2.24) is 48.2 Å². The van der Waals surface area contributed by atoms with Gasteiger partial charge >= 0.3 is 0 Å². The lowest BCUT2D eigenvalue weighted by Gasteiger charge is -2.15. The van der Waals surface area contributed by atoms with Gasteiger partial charge < -0.3 is 9.13 Å². The van der Waals surface area contributed by atoms with Crippen molar-refractivity contribution in [2.45, 2.75) is 0 Å². The zero-order valence-electron chi connectivity index (χ0n) is 77.5. The van der Waals surface area contributed by atoms with Gasteiger partial charge in [-0.15, -0.1) is 0 Å². The van der Waals surface area contributed by atoms with Gasteiger partial charge in [0.15, 0.2) is 0 Å². The van der Waals surface area contributed by atoms with Gasteiger partial charge in [0.05, 0.1) is 71.9 Å². The quantitative estimate of drug-likeness (QED) is 0.165. The number of fused-ring (bicyclic) bond motifs is 20. The van der Waals surface area contributed by atoms with E-state index in [1.54, 1.807) is 0 Å². The second-order valence-corrected chi connectivity index (χ2v) is 38.1. The fraction of sp³-hybridized carbons (Fsp3) is 0. The van der Waals surface area contributed by atoms with E-state index in [2.05, 4.69) is 419 Å². The van der Waals surface area contributed by atoms with Crippen molar-refractivity contribution in [3.8, 4) is 134 Å². The van der Waals surface area contributed by atoms with Gasteiger partial charge in [0.1, 0.15) is 11.6 Å². The number of aromatic nitrogens is 10. The van der Waals surface area contributed by atoms with Gasteiger partial charge in [0, 0.05) is 113 Å². The first-order chi connectivity index (χ1) is 71.5. The maximum absolute atomic E-state index is 5.22. The highest BCUT2D eigenvalue weighted by molar-refractivity contribution is 6.39. The van der Waals surface area contributed by atoms with E-state index in [1.807, 2.05) is 73.4 Å². The Morgan fingerprint density at radius 3 is 0.806 bits per heavy atom. The fourth-order valence-corrected chi connectivity index (χ4v) is 24.8. The molecule has 30 aromatic rings. The monoisotopic (exact) mass is 1830 g/mol. The van der Waals surface area contributed by atoms with E-state index in [-0.39, 0.29) is 0 Å². The lowest BCUT2D eigenvalue weighted by molar-refractivity contribution is 1.08. The van der Waals surface area contributed by atoms with Gasteiger partial charge in [-0.1, -0.05) is 322 Å². The molecule has 0 saturated heterocycles. The first-order valence-electron chi connectivity index (χ1n) is 49.2. The van der Waals surface area contributed by atoms with Crippen molar-refractivity contribution in [2.75, 3.05) is 0 Å². The van der Waals surface area contributed by atoms with Gasteiger partial charge in [-0.25, -0.2) is 9.97 Å². The molecule has 0 atom stereocenters. The summed E-state index contributed by atoms with van der Waals surface area (Å²) in [6.07, 6.45) is 9.47. The zero-order valence-corrected chi connectivity index (χ0v) is 77.5. The molecular formula is C134H78N10. The van der Waals surface area contributed by atoms with Crippen LogP contribution in [0.25, 0.3) is 308 Å². The molecule has 10 aromatic heterocycles. The lowest BCUT2D eigenvalue weighted by atomic mass is 9.93. The van der Waals surface area contributed by atoms with E-state index in [1.165, 1.54) is 208 Å². The Bertz CT molecular complexity index is 10200. The minimum absolute atomic E-state index is 0.895. The average molecular weight is 1830 g/mol. The second-order valence-electron chi connectivity index (χ2n) is 38.1. The van der Waals surface area contributed by atoms with Crippen molar-refractivity contribution in [3.05, 3.63) is 474 Å². The molecule has 0 N–H and O–H groups in total. The molecule has 144 heavy (non-hydrogen) atoms. The Morgan fingerprint density at radius 2 is 0.424 bits per heavy atom. The predicted octanol–water partition coefficient (Wildman–Crippen LogP) is 34.7. The smallest absolute Gasteiger partial charge is 0.138 e. The molecule has 10 heterocycles. The van der Waals surface area contributed by atoms with Crippen LogP contribution in [0.3, 0.4) is 0 Å². The van der Waals surface area contributed by atoms with E-state index in [0.717, 1.165) is 99.9 Å². The molecule has 20 aromatic carbocycles. The third-order valence-electron chi connectivity index (χ3n) is 30.6. The number of rotatable bonds is 6. The predicted molar refractivity (Wildman–Crippen MR) is 599 cm³/mol. The van der Waals surface area contributed by atoms with Crippen LogP contribution >= 0.6 is 0 Å². The van der Waals surface area contributed by atoms with Crippen LogP contribution in [0, 0.1) is 0 Å². The third kappa shape index (κ3) is 11.5. The highest BCUT2D eigenvalue weighted by atomic mass is 15.1. The summed E-state index contributed by atoms with van der Waals surface area (Å²) >= 11 is 0. The van der Waals surface area contributed by atoms with Crippen LogP contribution in [0.4, 0.5) is 0 Å². The summed E-state index contributed by atoms with van der Waals surface area (Å²) in [4.78, 5) is 29.7. The highest BCUT2D eigenvalue weighted by Gasteiger charge is 2.34. The summed E-state index contributed by atoms with van der Waals surface area (Å²) in [7, 11) is 0. The van der Waals surface area contributed by atoms with Crippen LogP contribution in [-0.4, -0.2) is 48.2 Å². The Kier molecular flexibility index (Phi) is 17.2. The minimum atomic E-state index is 0.895. The second kappa shape index (κ2) is 31.0. The average Bonchev–Trinajstić information content (AvgIpc) is 1.55. The molecule has 4 aliphatic rings. The number of hydrogen-bond acceptors (Lipinski definition) is 6. The summed E-state index contributed by atoms with van der Waals surface area (Å²) in [5.74, 6) is 1.80. The maximum atomic E-state index is 5.22. The largest absolute Gasteiger partial charge is 0.307 e. The van der Waals surface area contributed by atoms with Crippen molar-refractivity contribution >= 4 is 174 Å². The van der Waals surface area contributed by atoms with E-state index < -0.39 is 0 Å². The number of benzene rings is 20. The molecule has 0 amide bonds.